The molecule has 2 rings (SSSR count). The SMILES string of the molecule is CCNC1(C(N)=O)CCCC(N2CCOCC2)C1. The number of rotatable bonds is 4. The third-order valence-corrected chi connectivity index (χ3v) is 4.27. The Morgan fingerprint density at radius 3 is 2.83 bits per heavy atom. The number of morpholine rings is 1. The van der Waals surface area contributed by atoms with Gasteiger partial charge in [0.1, 0.15) is 0 Å². The van der Waals surface area contributed by atoms with Crippen molar-refractivity contribution in [2.45, 2.75) is 44.2 Å². The molecule has 2 aliphatic rings. The standard InChI is InChI=1S/C13H25N3O2/c1-2-15-13(12(14)17)5-3-4-11(10-13)16-6-8-18-9-7-16/h11,15H,2-10H2,1H3,(H2,14,17). The number of nitrogens with one attached hydrogen (secondary N) is 1. The summed E-state index contributed by atoms with van der Waals surface area (Å²) in [5, 5.41) is 3.33. The lowest BCUT2D eigenvalue weighted by molar-refractivity contribution is -0.127. The molecule has 0 bridgehead atoms. The van der Waals surface area contributed by atoms with E-state index in [0.717, 1.165) is 52.1 Å². The van der Waals surface area contributed by atoms with Crippen molar-refractivity contribution in [2.75, 3.05) is 32.8 Å². The molecule has 1 aliphatic heterocycles. The highest BCUT2D eigenvalue weighted by atomic mass is 16.5. The molecular weight excluding hydrogens is 230 g/mol. The fraction of sp³-hybridized carbons (Fsp3) is 0.923. The number of amides is 1. The molecular formula is C13H25N3O2. The normalized spacial score (nSPS) is 34.4. The first-order chi connectivity index (χ1) is 8.68. The third kappa shape index (κ3) is 2.84. The number of hydrogen-bond acceptors (Lipinski definition) is 4. The quantitative estimate of drug-likeness (QED) is 0.747. The van der Waals surface area contributed by atoms with E-state index in [1.807, 2.05) is 6.92 Å². The zero-order chi connectivity index (χ0) is 13.0. The van der Waals surface area contributed by atoms with Crippen LogP contribution in [0.1, 0.15) is 32.6 Å². The molecule has 104 valence electrons. The fourth-order valence-corrected chi connectivity index (χ4v) is 3.31. The van der Waals surface area contributed by atoms with E-state index < -0.39 is 5.54 Å². The van der Waals surface area contributed by atoms with E-state index in [-0.39, 0.29) is 5.91 Å². The van der Waals surface area contributed by atoms with Crippen molar-refractivity contribution in [3.63, 3.8) is 0 Å². The Balaban J connectivity index is 2.03. The summed E-state index contributed by atoms with van der Waals surface area (Å²) in [4.78, 5) is 14.3. The lowest BCUT2D eigenvalue weighted by atomic mass is 9.77. The van der Waals surface area contributed by atoms with Crippen LogP contribution in [0.5, 0.6) is 0 Å². The molecule has 0 spiro atoms. The van der Waals surface area contributed by atoms with Crippen LogP contribution in [0.4, 0.5) is 0 Å². The molecule has 3 N–H and O–H groups in total. The molecule has 2 fully saturated rings. The molecule has 2 unspecified atom stereocenters. The summed E-state index contributed by atoms with van der Waals surface area (Å²) in [5.74, 6) is -0.192. The van der Waals surface area contributed by atoms with Gasteiger partial charge in [-0.3, -0.25) is 9.69 Å². The Hall–Kier alpha value is -0.650. The van der Waals surface area contributed by atoms with Crippen molar-refractivity contribution in [2.24, 2.45) is 5.73 Å². The molecule has 1 saturated carbocycles. The summed E-state index contributed by atoms with van der Waals surface area (Å²) in [7, 11) is 0. The van der Waals surface area contributed by atoms with Gasteiger partial charge >= 0.3 is 0 Å². The van der Waals surface area contributed by atoms with Crippen molar-refractivity contribution in [1.29, 1.82) is 0 Å². The second kappa shape index (κ2) is 5.99. The summed E-state index contributed by atoms with van der Waals surface area (Å²) in [6.07, 6.45) is 3.95. The molecule has 5 nitrogen and oxygen atoms in total. The predicted octanol–water partition coefficient (Wildman–Crippen LogP) is 0.0948. The van der Waals surface area contributed by atoms with Gasteiger partial charge in [-0.2, -0.15) is 0 Å². The Bertz CT molecular complexity index is 288. The molecule has 0 aromatic heterocycles. The molecule has 0 radical (unpaired) electrons. The van der Waals surface area contributed by atoms with E-state index in [0.29, 0.717) is 6.04 Å². The van der Waals surface area contributed by atoms with Crippen LogP contribution in [-0.4, -0.2) is 55.2 Å². The van der Waals surface area contributed by atoms with E-state index in [4.69, 9.17) is 10.5 Å². The molecule has 18 heavy (non-hydrogen) atoms. The van der Waals surface area contributed by atoms with Gasteiger partial charge in [-0.15, -0.1) is 0 Å². The van der Waals surface area contributed by atoms with Crippen molar-refractivity contribution < 1.29 is 9.53 Å². The Morgan fingerprint density at radius 1 is 1.50 bits per heavy atom. The number of likely N-dealkylation sites (N-methyl/N-ethyl adjacent to an activating group) is 1. The Labute approximate surface area is 109 Å². The van der Waals surface area contributed by atoms with Gasteiger partial charge in [0.05, 0.1) is 18.8 Å². The molecule has 0 aromatic carbocycles. The van der Waals surface area contributed by atoms with Gasteiger partial charge in [-0.05, 0) is 32.2 Å². The number of ether oxygens (including phenoxy) is 1. The van der Waals surface area contributed by atoms with Gasteiger partial charge in [0, 0.05) is 19.1 Å². The molecule has 0 aromatic rings. The zero-order valence-electron chi connectivity index (χ0n) is 11.3. The highest BCUT2D eigenvalue weighted by Gasteiger charge is 2.42. The van der Waals surface area contributed by atoms with Crippen LogP contribution in [0, 0.1) is 0 Å². The van der Waals surface area contributed by atoms with Crippen molar-refractivity contribution in [3.8, 4) is 0 Å². The number of nitrogens with zero attached hydrogens (tertiary/aromatic N) is 1. The van der Waals surface area contributed by atoms with Gasteiger partial charge in [0.25, 0.3) is 0 Å². The molecule has 1 saturated heterocycles. The average molecular weight is 255 g/mol. The van der Waals surface area contributed by atoms with Crippen LogP contribution < -0.4 is 11.1 Å². The van der Waals surface area contributed by atoms with Crippen LogP contribution in [0.2, 0.25) is 0 Å². The fourth-order valence-electron chi connectivity index (χ4n) is 3.31. The lowest BCUT2D eigenvalue weighted by Crippen LogP contribution is -2.61. The first kappa shape index (κ1) is 13.8. The van der Waals surface area contributed by atoms with Crippen LogP contribution >= 0.6 is 0 Å². The summed E-state index contributed by atoms with van der Waals surface area (Å²) in [6, 6.07) is 0.467. The van der Waals surface area contributed by atoms with Crippen molar-refractivity contribution in [1.82, 2.24) is 10.2 Å². The minimum atomic E-state index is -0.490. The van der Waals surface area contributed by atoms with Crippen LogP contribution in [0.25, 0.3) is 0 Å². The minimum absolute atomic E-state index is 0.192. The number of nitrogens with two attached hydrogens (primary N) is 1. The van der Waals surface area contributed by atoms with Crippen LogP contribution in [0.15, 0.2) is 0 Å². The van der Waals surface area contributed by atoms with Crippen LogP contribution in [-0.2, 0) is 9.53 Å². The van der Waals surface area contributed by atoms with E-state index in [2.05, 4.69) is 10.2 Å². The van der Waals surface area contributed by atoms with Gasteiger partial charge in [0.2, 0.25) is 5.91 Å². The van der Waals surface area contributed by atoms with Gasteiger partial charge < -0.3 is 15.8 Å². The average Bonchev–Trinajstić information content (AvgIpc) is 2.40. The third-order valence-electron chi connectivity index (χ3n) is 4.27. The maximum atomic E-state index is 11.8. The summed E-state index contributed by atoms with van der Waals surface area (Å²) < 4.78 is 5.39. The summed E-state index contributed by atoms with van der Waals surface area (Å²) in [5.41, 5.74) is 5.15. The first-order valence-electron chi connectivity index (χ1n) is 7.05. The largest absolute Gasteiger partial charge is 0.379 e. The van der Waals surface area contributed by atoms with E-state index >= 15 is 0 Å². The van der Waals surface area contributed by atoms with Crippen molar-refractivity contribution in [3.05, 3.63) is 0 Å². The minimum Gasteiger partial charge on any atom is -0.379 e. The Kier molecular flexibility index (Phi) is 4.59. The topological polar surface area (TPSA) is 67.6 Å². The highest BCUT2D eigenvalue weighted by Crippen LogP contribution is 2.31. The first-order valence-corrected chi connectivity index (χ1v) is 7.05. The zero-order valence-corrected chi connectivity index (χ0v) is 11.3. The summed E-state index contributed by atoms with van der Waals surface area (Å²) in [6.45, 7) is 6.39. The lowest BCUT2D eigenvalue weighted by Gasteiger charge is -2.44. The van der Waals surface area contributed by atoms with Gasteiger partial charge in [-0.1, -0.05) is 6.92 Å². The molecule has 1 amide bonds. The highest BCUT2D eigenvalue weighted by molar-refractivity contribution is 5.84. The van der Waals surface area contributed by atoms with E-state index in [9.17, 15) is 4.79 Å². The van der Waals surface area contributed by atoms with Gasteiger partial charge in [-0.25, -0.2) is 0 Å². The number of hydrogen-bond donors (Lipinski definition) is 2. The number of primary amides is 1. The number of carbonyl (C=O) groups is 1. The smallest absolute Gasteiger partial charge is 0.237 e. The Morgan fingerprint density at radius 2 is 2.22 bits per heavy atom. The van der Waals surface area contributed by atoms with E-state index in [1.165, 1.54) is 6.42 Å². The van der Waals surface area contributed by atoms with Crippen LogP contribution in [0.3, 0.4) is 0 Å². The summed E-state index contributed by atoms with van der Waals surface area (Å²) >= 11 is 0. The monoisotopic (exact) mass is 255 g/mol. The van der Waals surface area contributed by atoms with E-state index in [1.54, 1.807) is 0 Å². The number of carbonyl (C=O) groups excluding carboxylic acids is 1. The maximum Gasteiger partial charge on any atom is 0.237 e. The maximum absolute atomic E-state index is 11.8. The molecule has 5 heteroatoms. The second-order valence-corrected chi connectivity index (χ2v) is 5.38. The second-order valence-electron chi connectivity index (χ2n) is 5.38. The molecule has 1 heterocycles. The molecule has 1 aliphatic carbocycles. The van der Waals surface area contributed by atoms with Gasteiger partial charge in [0.15, 0.2) is 0 Å². The molecule has 2 atom stereocenters. The predicted molar refractivity (Wildman–Crippen MR) is 70.3 cm³/mol. The van der Waals surface area contributed by atoms with Crippen molar-refractivity contribution >= 4 is 5.91 Å².